The molecular weight excluding hydrogens is 436 g/mol. The van der Waals surface area contributed by atoms with E-state index in [4.69, 9.17) is 13.9 Å². The Balaban J connectivity index is 1.29. The first-order chi connectivity index (χ1) is 16.4. The van der Waals surface area contributed by atoms with Crippen LogP contribution in [0.4, 0.5) is 0 Å². The van der Waals surface area contributed by atoms with Crippen molar-refractivity contribution in [3.05, 3.63) is 66.1 Å². The monoisotopic (exact) mass is 462 g/mol. The molecule has 3 saturated heterocycles. The van der Waals surface area contributed by atoms with E-state index in [9.17, 15) is 14.4 Å². The molecule has 6 rings (SSSR count). The normalized spacial score (nSPS) is 35.4. The molecule has 4 aliphatic heterocycles. The van der Waals surface area contributed by atoms with Gasteiger partial charge < -0.3 is 24.1 Å². The molecular formula is C26H26N2O6. The summed E-state index contributed by atoms with van der Waals surface area (Å²) in [6.45, 7) is 2.19. The van der Waals surface area contributed by atoms with E-state index in [0.29, 0.717) is 12.3 Å². The predicted molar refractivity (Wildman–Crippen MR) is 119 cm³/mol. The number of carbonyl (C=O) groups excluding carboxylic acids is 3. The number of rotatable bonds is 5. The van der Waals surface area contributed by atoms with E-state index in [1.54, 1.807) is 30.4 Å². The fraction of sp³-hybridized carbons (Fsp3) is 0.423. The van der Waals surface area contributed by atoms with E-state index in [-0.39, 0.29) is 24.0 Å². The molecule has 8 heteroatoms. The van der Waals surface area contributed by atoms with Crippen molar-refractivity contribution in [2.24, 2.45) is 17.8 Å². The minimum absolute atomic E-state index is 0.0679. The number of carbonyl (C=O) groups is 3. The van der Waals surface area contributed by atoms with Crippen LogP contribution in [0, 0.1) is 17.8 Å². The number of fused-ring (bicyclic) bond motifs is 2. The molecule has 0 unspecified atom stereocenters. The molecule has 0 aliphatic carbocycles. The number of furan rings is 1. The predicted octanol–water partition coefficient (Wildman–Crippen LogP) is 2.41. The summed E-state index contributed by atoms with van der Waals surface area (Å²) in [5.74, 6) is -0.709. The Bertz CT molecular complexity index is 1170. The van der Waals surface area contributed by atoms with Crippen molar-refractivity contribution in [1.82, 2.24) is 10.2 Å². The lowest BCUT2D eigenvalue weighted by atomic mass is 9.70. The van der Waals surface area contributed by atoms with Gasteiger partial charge in [-0.25, -0.2) is 0 Å². The van der Waals surface area contributed by atoms with Crippen LogP contribution in [0.1, 0.15) is 30.7 Å². The fourth-order valence-corrected chi connectivity index (χ4v) is 6.31. The number of hydrogen-bond donors (Lipinski definition) is 1. The van der Waals surface area contributed by atoms with Crippen molar-refractivity contribution in [2.45, 2.75) is 43.7 Å². The number of piperidine rings is 1. The third kappa shape index (κ3) is 2.84. The van der Waals surface area contributed by atoms with Gasteiger partial charge in [-0.15, -0.1) is 0 Å². The summed E-state index contributed by atoms with van der Waals surface area (Å²) in [5, 5.41) is 2.98. The van der Waals surface area contributed by atoms with Gasteiger partial charge in [-0.05, 0) is 29.8 Å². The zero-order valence-electron chi connectivity index (χ0n) is 19.0. The first-order valence-corrected chi connectivity index (χ1v) is 11.6. The van der Waals surface area contributed by atoms with Crippen LogP contribution in [-0.4, -0.2) is 47.4 Å². The summed E-state index contributed by atoms with van der Waals surface area (Å²) in [6, 6.07) is 10.0. The highest BCUT2D eigenvalue weighted by atomic mass is 16.5. The lowest BCUT2D eigenvalue weighted by molar-refractivity contribution is -0.148. The summed E-state index contributed by atoms with van der Waals surface area (Å²) in [5.41, 5.74) is -0.0553. The second kappa shape index (κ2) is 7.56. The first kappa shape index (κ1) is 21.2. The number of Topliss-reactive ketones (excluding diaryl/α,β-unsaturated/α-hetero) is 1. The Hall–Kier alpha value is -3.39. The first-order valence-electron chi connectivity index (χ1n) is 11.6. The summed E-state index contributed by atoms with van der Waals surface area (Å²) in [6.07, 6.45) is 5.04. The van der Waals surface area contributed by atoms with E-state index in [1.807, 2.05) is 43.3 Å². The minimum Gasteiger partial charge on any atom is -0.497 e. The molecule has 1 spiro atoms. The van der Waals surface area contributed by atoms with Crippen LogP contribution < -0.4 is 10.1 Å². The molecule has 7 atom stereocenters. The van der Waals surface area contributed by atoms with E-state index in [0.717, 1.165) is 11.3 Å². The number of benzene rings is 1. The minimum atomic E-state index is -0.982. The van der Waals surface area contributed by atoms with Crippen molar-refractivity contribution >= 4 is 17.6 Å². The number of hydrogen-bond acceptors (Lipinski definition) is 6. The number of nitrogens with zero attached hydrogens (tertiary/aromatic N) is 1. The van der Waals surface area contributed by atoms with E-state index >= 15 is 0 Å². The van der Waals surface area contributed by atoms with Crippen molar-refractivity contribution in [3.63, 3.8) is 0 Å². The third-order valence-electron chi connectivity index (χ3n) is 7.88. The second-order valence-corrected chi connectivity index (χ2v) is 9.55. The van der Waals surface area contributed by atoms with Gasteiger partial charge in [0.1, 0.15) is 22.9 Å². The van der Waals surface area contributed by atoms with Gasteiger partial charge >= 0.3 is 0 Å². The maximum absolute atomic E-state index is 13.9. The van der Waals surface area contributed by atoms with Crippen molar-refractivity contribution in [1.29, 1.82) is 0 Å². The number of methoxy groups -OCH3 is 1. The average molecular weight is 463 g/mol. The Labute approximate surface area is 196 Å². The van der Waals surface area contributed by atoms with Gasteiger partial charge in [-0.1, -0.05) is 31.2 Å². The van der Waals surface area contributed by atoms with Crippen LogP contribution in [0.15, 0.2) is 59.2 Å². The zero-order valence-corrected chi connectivity index (χ0v) is 19.0. The summed E-state index contributed by atoms with van der Waals surface area (Å²) in [4.78, 5) is 42.0. The molecule has 0 radical (unpaired) electrons. The third-order valence-corrected chi connectivity index (χ3v) is 7.88. The molecule has 34 heavy (non-hydrogen) atoms. The van der Waals surface area contributed by atoms with Gasteiger partial charge in [0.25, 0.3) is 0 Å². The highest BCUT2D eigenvalue weighted by Gasteiger charge is 2.74. The van der Waals surface area contributed by atoms with Crippen molar-refractivity contribution < 1.29 is 28.3 Å². The van der Waals surface area contributed by atoms with E-state index in [2.05, 4.69) is 5.32 Å². The molecule has 176 valence electrons. The number of nitrogens with one attached hydrogen (secondary N) is 1. The molecule has 1 N–H and O–H groups in total. The van der Waals surface area contributed by atoms with E-state index < -0.39 is 41.5 Å². The van der Waals surface area contributed by atoms with Gasteiger partial charge in [-0.3, -0.25) is 14.4 Å². The van der Waals surface area contributed by atoms with Gasteiger partial charge in [0.05, 0.1) is 43.4 Å². The van der Waals surface area contributed by atoms with Crippen LogP contribution in [0.25, 0.3) is 0 Å². The summed E-state index contributed by atoms with van der Waals surface area (Å²) >= 11 is 0. The highest BCUT2D eigenvalue weighted by Crippen LogP contribution is 2.59. The molecule has 5 heterocycles. The van der Waals surface area contributed by atoms with Gasteiger partial charge in [0.15, 0.2) is 0 Å². The van der Waals surface area contributed by atoms with Gasteiger partial charge in [-0.2, -0.15) is 0 Å². The molecule has 2 bridgehead atoms. The fourth-order valence-electron chi connectivity index (χ4n) is 6.31. The van der Waals surface area contributed by atoms with Crippen LogP contribution >= 0.6 is 0 Å². The molecule has 0 saturated carbocycles. The Morgan fingerprint density at radius 3 is 2.74 bits per heavy atom. The van der Waals surface area contributed by atoms with Crippen molar-refractivity contribution in [2.75, 3.05) is 7.11 Å². The van der Waals surface area contributed by atoms with E-state index in [1.165, 1.54) is 0 Å². The lowest BCUT2D eigenvalue weighted by Crippen LogP contribution is -2.55. The van der Waals surface area contributed by atoms with Gasteiger partial charge in [0.2, 0.25) is 11.8 Å². The lowest BCUT2D eigenvalue weighted by Gasteiger charge is -2.43. The van der Waals surface area contributed by atoms with Crippen LogP contribution in [0.3, 0.4) is 0 Å². The summed E-state index contributed by atoms with van der Waals surface area (Å²) in [7, 11) is 1.60. The molecule has 2 amide bonds. The molecule has 8 nitrogen and oxygen atoms in total. The SMILES string of the molecule is COc1ccc(CNC(=O)[C@H]2[C@H]3C(=O)N4[C@@H](c5ccco5)CC(=O)[C@H](C)[C@@H]4[C@]34C=C[C@H]2O4)cc1. The smallest absolute Gasteiger partial charge is 0.230 e. The second-order valence-electron chi connectivity index (χ2n) is 9.55. The Kier molecular flexibility index (Phi) is 4.71. The standard InChI is InChI=1S/C26H26N2O6/c1-14-18(29)12-17(19-4-3-11-33-19)28-23(14)26-10-9-20(34-26)21(22(26)25(28)31)24(30)27-13-15-5-7-16(32-2)8-6-15/h3-11,14,17,20-23H,12-13H2,1-2H3,(H,27,30)/t14-,17+,20+,21+,22-,23+,26-/m0/s1. The molecule has 1 aromatic heterocycles. The van der Waals surface area contributed by atoms with Gasteiger partial charge in [0, 0.05) is 18.9 Å². The van der Waals surface area contributed by atoms with Crippen LogP contribution in [0.2, 0.25) is 0 Å². The number of ether oxygens (including phenoxy) is 2. The van der Waals surface area contributed by atoms with Crippen molar-refractivity contribution in [3.8, 4) is 5.75 Å². The molecule has 3 fully saturated rings. The molecule has 1 aromatic carbocycles. The highest BCUT2D eigenvalue weighted by molar-refractivity contribution is 5.96. The largest absolute Gasteiger partial charge is 0.497 e. The Morgan fingerprint density at radius 1 is 1.24 bits per heavy atom. The summed E-state index contributed by atoms with van der Waals surface area (Å²) < 4.78 is 17.2. The topological polar surface area (TPSA) is 98.1 Å². The number of amides is 2. The number of ketones is 1. The van der Waals surface area contributed by atoms with Crippen LogP contribution in [0.5, 0.6) is 5.75 Å². The molecule has 4 aliphatic rings. The average Bonchev–Trinajstić information content (AvgIpc) is 3.62. The maximum Gasteiger partial charge on any atom is 0.230 e. The van der Waals surface area contributed by atoms with Crippen LogP contribution in [-0.2, 0) is 25.7 Å². The quantitative estimate of drug-likeness (QED) is 0.686. The Morgan fingerprint density at radius 2 is 2.03 bits per heavy atom. The zero-order chi connectivity index (χ0) is 23.6. The maximum atomic E-state index is 13.9. The molecule has 2 aromatic rings.